The molecular weight excluding hydrogens is 366 g/mol. The minimum Gasteiger partial charge on any atom is -0.496 e. The van der Waals surface area contributed by atoms with E-state index < -0.39 is 24.3 Å². The van der Waals surface area contributed by atoms with E-state index in [0.29, 0.717) is 24.4 Å². The third-order valence-electron chi connectivity index (χ3n) is 4.96. The van der Waals surface area contributed by atoms with Gasteiger partial charge in [-0.3, -0.25) is 0 Å². The van der Waals surface area contributed by atoms with E-state index in [2.05, 4.69) is 5.32 Å². The summed E-state index contributed by atoms with van der Waals surface area (Å²) in [5.41, 5.74) is 0.403. The summed E-state index contributed by atoms with van der Waals surface area (Å²) in [5, 5.41) is 3.22. The number of nitrogens with one attached hydrogen (secondary N) is 1. The first-order valence-corrected chi connectivity index (χ1v) is 9.20. The van der Waals surface area contributed by atoms with E-state index >= 15 is 4.39 Å². The summed E-state index contributed by atoms with van der Waals surface area (Å²) >= 11 is 0. The Labute approximate surface area is 163 Å². The van der Waals surface area contributed by atoms with Gasteiger partial charge in [-0.2, -0.15) is 0 Å². The molecule has 1 N–H and O–H groups in total. The van der Waals surface area contributed by atoms with Crippen molar-refractivity contribution in [1.82, 2.24) is 10.2 Å². The van der Waals surface area contributed by atoms with Crippen LogP contribution in [0, 0.1) is 11.6 Å². The Balaban J connectivity index is 1.84. The lowest BCUT2D eigenvalue weighted by Crippen LogP contribution is -2.57. The van der Waals surface area contributed by atoms with Crippen LogP contribution < -0.4 is 10.1 Å². The molecule has 0 aliphatic carbocycles. The third kappa shape index (κ3) is 3.94. The first kappa shape index (κ1) is 20.1. The monoisotopic (exact) mass is 390 g/mol. The molecule has 0 saturated carbocycles. The van der Waals surface area contributed by atoms with Gasteiger partial charge in [0, 0.05) is 36.3 Å². The number of amides is 1. The second-order valence-corrected chi connectivity index (χ2v) is 6.91. The lowest BCUT2D eigenvalue weighted by Gasteiger charge is -2.38. The number of piperazine rings is 1. The normalized spacial score (nSPS) is 19.4. The molecule has 1 aliphatic rings. The van der Waals surface area contributed by atoms with Gasteiger partial charge in [-0.15, -0.1) is 0 Å². The van der Waals surface area contributed by atoms with Crippen molar-refractivity contribution in [2.75, 3.05) is 20.2 Å². The largest absolute Gasteiger partial charge is 0.496 e. The highest BCUT2D eigenvalue weighted by Gasteiger charge is 2.30. The molecule has 1 amide bonds. The number of carbonyl (C=O) groups is 1. The highest BCUT2D eigenvalue weighted by atomic mass is 19.1. The Morgan fingerprint density at radius 1 is 1.11 bits per heavy atom. The molecule has 0 aromatic heterocycles. The fraction of sp³-hybridized carbons (Fsp3) is 0.381. The molecule has 0 bridgehead atoms. The van der Waals surface area contributed by atoms with E-state index in [1.165, 1.54) is 19.2 Å². The van der Waals surface area contributed by atoms with Crippen LogP contribution in [0.5, 0.6) is 5.75 Å². The predicted octanol–water partition coefficient (Wildman–Crippen LogP) is 3.96. The Morgan fingerprint density at radius 2 is 1.79 bits per heavy atom. The maximum atomic E-state index is 15.1. The quantitative estimate of drug-likeness (QED) is 0.859. The molecule has 28 heavy (non-hydrogen) atoms. The smallest absolute Gasteiger partial charge is 0.410 e. The molecule has 3 rings (SSSR count). The number of para-hydroxylation sites is 1. The summed E-state index contributed by atoms with van der Waals surface area (Å²) < 4.78 is 39.9. The molecule has 2 aromatic carbocycles. The topological polar surface area (TPSA) is 50.8 Å². The number of halogens is 2. The molecule has 1 aliphatic heterocycles. The number of carbonyl (C=O) groups excluding carboxylic acids is 1. The number of methoxy groups -OCH3 is 1. The van der Waals surface area contributed by atoms with Crippen molar-refractivity contribution in [2.24, 2.45) is 0 Å². The molecule has 5 nitrogen and oxygen atoms in total. The van der Waals surface area contributed by atoms with E-state index in [1.54, 1.807) is 29.2 Å². The SMILES string of the molecule is COc1ccccc1-c1ccc(F)c(COC(=O)N2[C@H](C)CNC[C@@H]2C)c1F. The highest BCUT2D eigenvalue weighted by molar-refractivity contribution is 5.72. The maximum Gasteiger partial charge on any atom is 0.410 e. The van der Waals surface area contributed by atoms with Crippen LogP contribution in [0.15, 0.2) is 36.4 Å². The van der Waals surface area contributed by atoms with Crippen molar-refractivity contribution in [3.05, 3.63) is 53.6 Å². The highest BCUT2D eigenvalue weighted by Crippen LogP contribution is 2.33. The van der Waals surface area contributed by atoms with E-state index in [4.69, 9.17) is 9.47 Å². The minimum atomic E-state index is -0.765. The Morgan fingerprint density at radius 3 is 2.46 bits per heavy atom. The zero-order valence-electron chi connectivity index (χ0n) is 16.2. The van der Waals surface area contributed by atoms with E-state index in [-0.39, 0.29) is 23.2 Å². The van der Waals surface area contributed by atoms with E-state index in [0.717, 1.165) is 0 Å². The van der Waals surface area contributed by atoms with Gasteiger partial charge in [0.2, 0.25) is 0 Å². The fourth-order valence-corrected chi connectivity index (χ4v) is 3.51. The van der Waals surface area contributed by atoms with Crippen LogP contribution in [0.25, 0.3) is 11.1 Å². The first-order chi connectivity index (χ1) is 13.4. The molecule has 0 unspecified atom stereocenters. The van der Waals surface area contributed by atoms with Gasteiger partial charge in [0.1, 0.15) is 24.0 Å². The van der Waals surface area contributed by atoms with Gasteiger partial charge in [0.05, 0.1) is 12.7 Å². The number of ether oxygens (including phenoxy) is 2. The van der Waals surface area contributed by atoms with Gasteiger partial charge >= 0.3 is 6.09 Å². The number of hydrogen-bond donors (Lipinski definition) is 1. The van der Waals surface area contributed by atoms with Crippen LogP contribution in [0.2, 0.25) is 0 Å². The first-order valence-electron chi connectivity index (χ1n) is 9.20. The van der Waals surface area contributed by atoms with Crippen LogP contribution in [-0.4, -0.2) is 43.3 Å². The predicted molar refractivity (Wildman–Crippen MR) is 102 cm³/mol. The zero-order valence-corrected chi connectivity index (χ0v) is 16.2. The maximum absolute atomic E-state index is 15.1. The molecule has 1 fully saturated rings. The van der Waals surface area contributed by atoms with Crippen molar-refractivity contribution >= 4 is 6.09 Å². The standard InChI is InChI=1S/C21H24F2N2O3/c1-13-10-24-11-14(2)25(13)21(26)28-12-17-18(22)9-8-16(20(17)23)15-6-4-5-7-19(15)27-3/h4-9,13-14,24H,10-12H2,1-3H3/t13-,14+. The van der Waals surface area contributed by atoms with Gasteiger partial charge < -0.3 is 19.7 Å². The van der Waals surface area contributed by atoms with Crippen molar-refractivity contribution in [3.8, 4) is 16.9 Å². The number of rotatable bonds is 4. The summed E-state index contributed by atoms with van der Waals surface area (Å²) in [7, 11) is 1.48. The van der Waals surface area contributed by atoms with Gasteiger partial charge in [-0.25, -0.2) is 13.6 Å². The van der Waals surface area contributed by atoms with Gasteiger partial charge in [0.15, 0.2) is 0 Å². The summed E-state index contributed by atoms with van der Waals surface area (Å²) in [6.07, 6.45) is -0.581. The molecular formula is C21H24F2N2O3. The van der Waals surface area contributed by atoms with Crippen LogP contribution in [0.3, 0.4) is 0 Å². The van der Waals surface area contributed by atoms with E-state index in [1.807, 2.05) is 13.8 Å². The molecule has 2 aromatic rings. The van der Waals surface area contributed by atoms with Crippen LogP contribution in [0.4, 0.5) is 13.6 Å². The van der Waals surface area contributed by atoms with Crippen LogP contribution in [-0.2, 0) is 11.3 Å². The van der Waals surface area contributed by atoms with Crippen molar-refractivity contribution in [1.29, 1.82) is 0 Å². The number of hydrogen-bond acceptors (Lipinski definition) is 4. The molecule has 1 saturated heterocycles. The van der Waals surface area contributed by atoms with Gasteiger partial charge in [-0.1, -0.05) is 18.2 Å². The molecule has 1 heterocycles. The number of benzene rings is 2. The second-order valence-electron chi connectivity index (χ2n) is 6.91. The summed E-state index contributed by atoms with van der Waals surface area (Å²) in [6.45, 7) is 4.60. The number of nitrogens with zero attached hydrogens (tertiary/aromatic N) is 1. The second kappa shape index (κ2) is 8.56. The van der Waals surface area contributed by atoms with Crippen LogP contribution >= 0.6 is 0 Å². The van der Waals surface area contributed by atoms with Crippen LogP contribution in [0.1, 0.15) is 19.4 Å². The summed E-state index contributed by atoms with van der Waals surface area (Å²) in [5.74, 6) is -1.05. The third-order valence-corrected chi connectivity index (χ3v) is 4.96. The Hall–Kier alpha value is -2.67. The molecule has 150 valence electrons. The summed E-state index contributed by atoms with van der Waals surface area (Å²) in [4.78, 5) is 14.1. The zero-order chi connectivity index (χ0) is 20.3. The molecule has 0 spiro atoms. The lowest BCUT2D eigenvalue weighted by atomic mass is 10.0. The average molecular weight is 390 g/mol. The van der Waals surface area contributed by atoms with Gasteiger partial charge in [-0.05, 0) is 32.0 Å². The Bertz CT molecular complexity index is 850. The van der Waals surface area contributed by atoms with Crippen molar-refractivity contribution in [2.45, 2.75) is 32.5 Å². The van der Waals surface area contributed by atoms with Crippen molar-refractivity contribution < 1.29 is 23.0 Å². The molecule has 7 heteroatoms. The molecule has 0 radical (unpaired) electrons. The fourth-order valence-electron chi connectivity index (χ4n) is 3.51. The molecule has 2 atom stereocenters. The lowest BCUT2D eigenvalue weighted by molar-refractivity contribution is 0.0552. The minimum absolute atomic E-state index is 0.0640. The Kier molecular flexibility index (Phi) is 6.14. The summed E-state index contributed by atoms with van der Waals surface area (Å²) in [6, 6.07) is 9.30. The van der Waals surface area contributed by atoms with Gasteiger partial charge in [0.25, 0.3) is 0 Å². The van der Waals surface area contributed by atoms with E-state index in [9.17, 15) is 9.18 Å². The van der Waals surface area contributed by atoms with Crippen molar-refractivity contribution in [3.63, 3.8) is 0 Å². The average Bonchev–Trinajstić information content (AvgIpc) is 2.68.